The Kier molecular flexibility index (Phi) is 4.56. The van der Waals surface area contributed by atoms with Crippen LogP contribution in [0, 0.1) is 0 Å². The first-order valence-electron chi connectivity index (χ1n) is 2.21. The molecule has 3 nitrogen and oxygen atoms in total. The minimum atomic E-state index is -0.896. The standard InChI is InChI=1S/C4H5NO2S.Na.H/c6-4(7)3-5-1-2-8-3;;/h1-2H2,(H,6,7);;/q;+1;-1. The molecule has 0 aromatic heterocycles. The molecule has 9 heavy (non-hydrogen) atoms. The van der Waals surface area contributed by atoms with Gasteiger partial charge in [0.2, 0.25) is 0 Å². The zero-order valence-electron chi connectivity index (χ0n) is 6.13. The first kappa shape index (κ1) is 9.49. The Morgan fingerprint density at radius 1 is 1.89 bits per heavy atom. The van der Waals surface area contributed by atoms with Crippen LogP contribution in [0.2, 0.25) is 0 Å². The van der Waals surface area contributed by atoms with Crippen molar-refractivity contribution in [1.82, 2.24) is 0 Å². The fourth-order valence-electron chi connectivity index (χ4n) is 0.465. The molecule has 0 atom stereocenters. The largest absolute Gasteiger partial charge is 1.00 e. The average Bonchev–Trinajstić information content (AvgIpc) is 2.12. The van der Waals surface area contributed by atoms with Crippen molar-refractivity contribution in [3.8, 4) is 0 Å². The van der Waals surface area contributed by atoms with E-state index in [9.17, 15) is 4.79 Å². The Morgan fingerprint density at radius 3 is 2.78 bits per heavy atom. The predicted octanol–water partition coefficient (Wildman–Crippen LogP) is -2.67. The van der Waals surface area contributed by atoms with Gasteiger partial charge in [0.15, 0.2) is 5.04 Å². The van der Waals surface area contributed by atoms with E-state index < -0.39 is 5.97 Å². The van der Waals surface area contributed by atoms with Gasteiger partial charge in [-0.15, -0.1) is 0 Å². The molecule has 0 amide bonds. The van der Waals surface area contributed by atoms with Crippen molar-refractivity contribution < 1.29 is 40.9 Å². The van der Waals surface area contributed by atoms with Crippen LogP contribution in [0.15, 0.2) is 4.99 Å². The zero-order valence-corrected chi connectivity index (χ0v) is 7.94. The molecule has 0 aromatic carbocycles. The molecule has 1 aliphatic rings. The van der Waals surface area contributed by atoms with Gasteiger partial charge in [-0.1, -0.05) is 11.8 Å². The summed E-state index contributed by atoms with van der Waals surface area (Å²) in [7, 11) is 0. The van der Waals surface area contributed by atoms with Gasteiger partial charge in [0.05, 0.1) is 0 Å². The van der Waals surface area contributed by atoms with Crippen molar-refractivity contribution in [3.63, 3.8) is 0 Å². The van der Waals surface area contributed by atoms with E-state index in [1.54, 1.807) is 0 Å². The number of rotatable bonds is 1. The zero-order chi connectivity index (χ0) is 5.98. The van der Waals surface area contributed by atoms with Crippen molar-refractivity contribution in [2.45, 2.75) is 0 Å². The number of nitrogens with zero attached hydrogens (tertiary/aromatic N) is 1. The second kappa shape index (κ2) is 4.33. The molecule has 0 bridgehead atoms. The molecule has 0 aliphatic carbocycles. The van der Waals surface area contributed by atoms with E-state index in [4.69, 9.17) is 5.11 Å². The monoisotopic (exact) mass is 155 g/mol. The molecule has 0 saturated carbocycles. The minimum Gasteiger partial charge on any atom is -1.00 e. The third-order valence-electron chi connectivity index (χ3n) is 0.768. The van der Waals surface area contributed by atoms with Crippen LogP contribution < -0.4 is 29.6 Å². The Hall–Kier alpha value is 0.490. The number of carboxylic acids is 1. The van der Waals surface area contributed by atoms with E-state index in [1.165, 1.54) is 11.8 Å². The molecular formula is C4H6NNaO2S. The summed E-state index contributed by atoms with van der Waals surface area (Å²) in [6, 6.07) is 0. The van der Waals surface area contributed by atoms with E-state index in [0.717, 1.165) is 5.75 Å². The molecule has 0 unspecified atom stereocenters. The van der Waals surface area contributed by atoms with E-state index in [-0.39, 0.29) is 36.0 Å². The normalized spacial score (nSPS) is 16.2. The summed E-state index contributed by atoms with van der Waals surface area (Å²) < 4.78 is 0. The Balaban J connectivity index is 0. The molecule has 5 heteroatoms. The second-order valence-corrected chi connectivity index (χ2v) is 2.42. The van der Waals surface area contributed by atoms with Gasteiger partial charge in [-0.3, -0.25) is 4.99 Å². The minimum absolute atomic E-state index is 0. The number of hydrogen-bond donors (Lipinski definition) is 1. The molecule has 1 heterocycles. The van der Waals surface area contributed by atoms with Crippen LogP contribution in [-0.2, 0) is 4.79 Å². The maximum absolute atomic E-state index is 10.0. The van der Waals surface area contributed by atoms with Crippen LogP contribution in [-0.4, -0.2) is 28.4 Å². The van der Waals surface area contributed by atoms with Crippen LogP contribution in [0.5, 0.6) is 0 Å². The van der Waals surface area contributed by atoms with Gasteiger partial charge in [-0.25, -0.2) is 4.79 Å². The predicted molar refractivity (Wildman–Crippen MR) is 33.5 cm³/mol. The topological polar surface area (TPSA) is 49.7 Å². The SMILES string of the molecule is O=C(O)C1=NCCS1.[H-].[Na+]. The van der Waals surface area contributed by atoms with E-state index >= 15 is 0 Å². The summed E-state index contributed by atoms with van der Waals surface area (Å²) in [5, 5.41) is 8.52. The summed E-state index contributed by atoms with van der Waals surface area (Å²) in [5.74, 6) is -0.0748. The number of hydrogen-bond acceptors (Lipinski definition) is 3. The molecule has 1 rings (SSSR count). The summed E-state index contributed by atoms with van der Waals surface area (Å²) in [5.41, 5.74) is 0. The number of aliphatic imine (C=N–C) groups is 1. The summed E-state index contributed by atoms with van der Waals surface area (Å²) in [4.78, 5) is 13.8. The first-order valence-corrected chi connectivity index (χ1v) is 3.20. The van der Waals surface area contributed by atoms with Crippen LogP contribution in [0.1, 0.15) is 1.43 Å². The maximum atomic E-state index is 10.0. The molecule has 0 radical (unpaired) electrons. The third kappa shape index (κ3) is 2.71. The van der Waals surface area contributed by atoms with Gasteiger partial charge in [0, 0.05) is 12.3 Å². The Labute approximate surface area is 80.7 Å². The fourth-order valence-corrected chi connectivity index (χ4v) is 1.15. The van der Waals surface area contributed by atoms with Gasteiger partial charge in [0.1, 0.15) is 0 Å². The maximum Gasteiger partial charge on any atom is 1.00 e. The third-order valence-corrected chi connectivity index (χ3v) is 1.73. The van der Waals surface area contributed by atoms with Crippen molar-refractivity contribution in [2.75, 3.05) is 12.3 Å². The van der Waals surface area contributed by atoms with Gasteiger partial charge >= 0.3 is 35.5 Å². The van der Waals surface area contributed by atoms with Gasteiger partial charge in [-0.05, 0) is 0 Å². The van der Waals surface area contributed by atoms with Gasteiger partial charge < -0.3 is 6.53 Å². The number of aliphatic carboxylic acids is 1. The molecule has 1 N–H and O–H groups in total. The van der Waals surface area contributed by atoms with Gasteiger partial charge in [-0.2, -0.15) is 0 Å². The van der Waals surface area contributed by atoms with Crippen LogP contribution in [0.4, 0.5) is 0 Å². The number of carboxylic acid groups (broad SMARTS) is 1. The smallest absolute Gasteiger partial charge is 1.00 e. The first-order chi connectivity index (χ1) is 3.80. The molecule has 46 valence electrons. The van der Waals surface area contributed by atoms with Gasteiger partial charge in [0.25, 0.3) is 0 Å². The summed E-state index contributed by atoms with van der Waals surface area (Å²) in [6.45, 7) is 0.659. The quantitative estimate of drug-likeness (QED) is 0.420. The molecule has 1 aliphatic heterocycles. The van der Waals surface area contributed by atoms with E-state index in [0.29, 0.717) is 6.54 Å². The van der Waals surface area contributed by atoms with Crippen molar-refractivity contribution in [3.05, 3.63) is 0 Å². The molecule has 0 spiro atoms. The molecular weight excluding hydrogens is 149 g/mol. The number of carbonyl (C=O) groups is 1. The summed E-state index contributed by atoms with van der Waals surface area (Å²) in [6.07, 6.45) is 0. The molecule has 0 aromatic rings. The molecule has 0 fully saturated rings. The van der Waals surface area contributed by atoms with E-state index in [1.807, 2.05) is 0 Å². The number of thioether (sulfide) groups is 1. The summed E-state index contributed by atoms with van der Waals surface area (Å²) >= 11 is 1.30. The average molecular weight is 155 g/mol. The Morgan fingerprint density at radius 2 is 2.56 bits per heavy atom. The van der Waals surface area contributed by atoms with Crippen molar-refractivity contribution >= 4 is 22.8 Å². The van der Waals surface area contributed by atoms with Crippen LogP contribution in [0.3, 0.4) is 0 Å². The van der Waals surface area contributed by atoms with Crippen molar-refractivity contribution in [2.24, 2.45) is 4.99 Å². The van der Waals surface area contributed by atoms with Crippen LogP contribution >= 0.6 is 11.8 Å². The Bertz CT molecular complexity index is 152. The van der Waals surface area contributed by atoms with Crippen molar-refractivity contribution in [1.29, 1.82) is 0 Å². The van der Waals surface area contributed by atoms with E-state index in [2.05, 4.69) is 4.99 Å². The molecule has 0 saturated heterocycles. The van der Waals surface area contributed by atoms with Crippen LogP contribution in [0.25, 0.3) is 0 Å². The second-order valence-electron chi connectivity index (χ2n) is 1.34. The fraction of sp³-hybridized carbons (Fsp3) is 0.500.